The van der Waals surface area contributed by atoms with E-state index in [0.29, 0.717) is 31.6 Å². The molecule has 0 aliphatic carbocycles. The monoisotopic (exact) mass is 1560 g/mol. The lowest BCUT2D eigenvalue weighted by Crippen LogP contribution is -2.30. The molecule has 0 saturated heterocycles. The van der Waals surface area contributed by atoms with Crippen molar-refractivity contribution in [2.45, 2.75) is 478 Å². The van der Waals surface area contributed by atoms with Crippen LogP contribution in [0, 0.1) is 23.7 Å². The highest BCUT2D eigenvalue weighted by molar-refractivity contribution is 7.47. The first-order valence-electron chi connectivity index (χ1n) is 45.2. The Bertz CT molecular complexity index is 2080. The zero-order valence-corrected chi connectivity index (χ0v) is 72.6. The largest absolute Gasteiger partial charge is 0.472 e. The lowest BCUT2D eigenvalue weighted by Gasteiger charge is -2.21. The van der Waals surface area contributed by atoms with Crippen molar-refractivity contribution in [3.05, 3.63) is 0 Å². The highest BCUT2D eigenvalue weighted by atomic mass is 31.2. The van der Waals surface area contributed by atoms with Crippen molar-refractivity contribution in [2.75, 3.05) is 39.6 Å². The fraction of sp³-hybridized carbons (Fsp3) is 0.955. The molecule has 0 aromatic rings. The van der Waals surface area contributed by atoms with Crippen LogP contribution in [-0.4, -0.2) is 96.7 Å². The minimum absolute atomic E-state index is 0.107. The molecule has 0 radical (unpaired) electrons. The van der Waals surface area contributed by atoms with E-state index in [-0.39, 0.29) is 25.7 Å². The van der Waals surface area contributed by atoms with Crippen LogP contribution >= 0.6 is 15.6 Å². The number of ether oxygens (including phenoxy) is 4. The molecule has 0 rings (SSSR count). The summed E-state index contributed by atoms with van der Waals surface area (Å²) in [6.45, 7) is 14.3. The summed E-state index contributed by atoms with van der Waals surface area (Å²) < 4.78 is 68.9. The molecule has 0 spiro atoms. The number of phosphoric acid groups is 2. The standard InChI is InChI=1S/C88H172O17P2/c1-9-81(8)67-59-51-42-36-30-24-20-21-27-33-39-45-55-63-70-87(92)104-83(74-98-85(90)68-60-52-43-37-31-25-18-15-14-17-23-29-35-41-49-57-65-79(4)5)76-102-106(94,95)100-72-82(89)73-101-107(96,97)103-77-84(75-99-86(91)69-61-53-47-46-50-58-66-80(6)7)105-88(93)71-62-54-44-38-32-26-19-13-11-10-12-16-22-28-34-40-48-56-64-78(2)3/h78-84,89H,9-77H2,1-8H3,(H,94,95)(H,96,97)/t81?,82?,83-,84-/m1/s1. The van der Waals surface area contributed by atoms with Crippen LogP contribution in [0.2, 0.25) is 0 Å². The van der Waals surface area contributed by atoms with Gasteiger partial charge in [-0.3, -0.25) is 37.3 Å². The lowest BCUT2D eigenvalue weighted by atomic mass is 9.99. The summed E-state index contributed by atoms with van der Waals surface area (Å²) in [5.41, 5.74) is 0. The van der Waals surface area contributed by atoms with Gasteiger partial charge in [0.15, 0.2) is 12.2 Å². The second-order valence-electron chi connectivity index (χ2n) is 33.3. The Morgan fingerprint density at radius 1 is 0.262 bits per heavy atom. The van der Waals surface area contributed by atoms with Gasteiger partial charge in [-0.05, 0) is 49.4 Å². The van der Waals surface area contributed by atoms with Crippen molar-refractivity contribution in [2.24, 2.45) is 23.7 Å². The molecule has 0 bridgehead atoms. The summed E-state index contributed by atoms with van der Waals surface area (Å²) in [5, 5.41) is 10.7. The second kappa shape index (κ2) is 76.7. The molecule has 6 atom stereocenters. The summed E-state index contributed by atoms with van der Waals surface area (Å²) in [5.74, 6) is 1.05. The molecule has 17 nitrogen and oxygen atoms in total. The van der Waals surface area contributed by atoms with E-state index in [2.05, 4.69) is 55.4 Å². The van der Waals surface area contributed by atoms with Crippen LogP contribution in [-0.2, 0) is 65.4 Å². The second-order valence-corrected chi connectivity index (χ2v) is 36.2. The zero-order chi connectivity index (χ0) is 78.8. The van der Waals surface area contributed by atoms with Crippen LogP contribution in [0.5, 0.6) is 0 Å². The highest BCUT2D eigenvalue weighted by Crippen LogP contribution is 2.45. The van der Waals surface area contributed by atoms with Crippen LogP contribution in [0.3, 0.4) is 0 Å². The van der Waals surface area contributed by atoms with Gasteiger partial charge in [-0.1, -0.05) is 409 Å². The molecular weight excluding hydrogens is 1390 g/mol. The minimum atomic E-state index is -4.97. The first kappa shape index (κ1) is 105. The van der Waals surface area contributed by atoms with E-state index in [4.69, 9.17) is 37.0 Å². The zero-order valence-electron chi connectivity index (χ0n) is 70.8. The fourth-order valence-electron chi connectivity index (χ4n) is 13.6. The van der Waals surface area contributed by atoms with Gasteiger partial charge in [0, 0.05) is 25.7 Å². The Morgan fingerprint density at radius 2 is 0.449 bits per heavy atom. The number of esters is 4. The number of rotatable bonds is 85. The van der Waals surface area contributed by atoms with Gasteiger partial charge < -0.3 is 33.8 Å². The van der Waals surface area contributed by atoms with Gasteiger partial charge >= 0.3 is 39.5 Å². The molecule has 0 aromatic heterocycles. The van der Waals surface area contributed by atoms with E-state index in [9.17, 15) is 43.2 Å². The maximum absolute atomic E-state index is 13.2. The number of aliphatic hydroxyl groups is 1. The number of unbranched alkanes of at least 4 members (excludes halogenated alkanes) is 50. The molecule has 0 heterocycles. The number of hydrogen-bond donors (Lipinski definition) is 3. The summed E-state index contributed by atoms with van der Waals surface area (Å²) in [7, 11) is -9.93. The molecule has 0 saturated carbocycles. The van der Waals surface area contributed by atoms with Gasteiger partial charge in [0.1, 0.15) is 19.3 Å². The Kier molecular flexibility index (Phi) is 75.3. The van der Waals surface area contributed by atoms with Crippen LogP contribution in [0.25, 0.3) is 0 Å². The lowest BCUT2D eigenvalue weighted by molar-refractivity contribution is -0.161. The molecule has 0 fully saturated rings. The van der Waals surface area contributed by atoms with Crippen LogP contribution < -0.4 is 0 Å². The number of carbonyl (C=O) groups is 4. The van der Waals surface area contributed by atoms with Crippen molar-refractivity contribution < 1.29 is 80.2 Å². The molecule has 636 valence electrons. The van der Waals surface area contributed by atoms with Crippen LogP contribution in [0.1, 0.15) is 460 Å². The van der Waals surface area contributed by atoms with Gasteiger partial charge in [-0.25, -0.2) is 9.13 Å². The van der Waals surface area contributed by atoms with Gasteiger partial charge in [0.25, 0.3) is 0 Å². The maximum Gasteiger partial charge on any atom is 0.472 e. The fourth-order valence-corrected chi connectivity index (χ4v) is 15.2. The Hall–Kier alpha value is -1.94. The predicted octanol–water partition coefficient (Wildman–Crippen LogP) is 26.7. The SMILES string of the molecule is CCC(C)CCCCCCCCCCCCCCCCC(=O)O[C@H](COC(=O)CCCCCCCCCCCCCCCCCCC(C)C)COP(=O)(O)OCC(O)COP(=O)(O)OC[C@@H](COC(=O)CCCCCCCCC(C)C)OC(=O)CCCCCCCCCCCCCCCCCCCCC(C)C. The summed E-state index contributed by atoms with van der Waals surface area (Å²) in [6.07, 6.45) is 66.8. The Balaban J connectivity index is 5.20. The van der Waals surface area contributed by atoms with E-state index in [1.54, 1.807) is 0 Å². The first-order chi connectivity index (χ1) is 51.6. The average Bonchev–Trinajstić information content (AvgIpc) is 0.900. The Morgan fingerprint density at radius 3 is 0.664 bits per heavy atom. The average molecular weight is 1560 g/mol. The van der Waals surface area contributed by atoms with E-state index in [1.165, 1.54) is 257 Å². The molecule has 4 unspecified atom stereocenters. The molecule has 0 aliphatic heterocycles. The topological polar surface area (TPSA) is 237 Å². The third-order valence-electron chi connectivity index (χ3n) is 20.9. The predicted molar refractivity (Wildman–Crippen MR) is 441 cm³/mol. The minimum Gasteiger partial charge on any atom is -0.462 e. The molecule has 0 aliphatic rings. The summed E-state index contributed by atoms with van der Waals surface area (Å²) in [4.78, 5) is 73.2. The molecule has 107 heavy (non-hydrogen) atoms. The number of phosphoric ester groups is 2. The molecule has 19 heteroatoms. The molecular formula is C88H172O17P2. The van der Waals surface area contributed by atoms with Gasteiger partial charge in [-0.2, -0.15) is 0 Å². The molecule has 0 aromatic carbocycles. The van der Waals surface area contributed by atoms with Crippen molar-refractivity contribution in [3.63, 3.8) is 0 Å². The smallest absolute Gasteiger partial charge is 0.462 e. The van der Waals surface area contributed by atoms with Crippen LogP contribution in [0.4, 0.5) is 0 Å². The molecule has 3 N–H and O–H groups in total. The third kappa shape index (κ3) is 80.5. The van der Waals surface area contributed by atoms with E-state index in [0.717, 1.165) is 114 Å². The van der Waals surface area contributed by atoms with Gasteiger partial charge in [-0.15, -0.1) is 0 Å². The van der Waals surface area contributed by atoms with E-state index in [1.807, 2.05) is 0 Å². The number of aliphatic hydroxyl groups excluding tert-OH is 1. The quantitative estimate of drug-likeness (QED) is 0.0222. The summed E-state index contributed by atoms with van der Waals surface area (Å²) in [6, 6.07) is 0. The van der Waals surface area contributed by atoms with Gasteiger partial charge in [0.05, 0.1) is 26.4 Å². The van der Waals surface area contributed by atoms with Crippen molar-refractivity contribution in [1.82, 2.24) is 0 Å². The van der Waals surface area contributed by atoms with E-state index < -0.39 is 97.5 Å². The normalized spacial score (nSPS) is 14.1. The number of carbonyl (C=O) groups excluding carboxylic acids is 4. The van der Waals surface area contributed by atoms with Gasteiger partial charge in [0.2, 0.25) is 0 Å². The number of hydrogen-bond acceptors (Lipinski definition) is 15. The third-order valence-corrected chi connectivity index (χ3v) is 22.8. The molecule has 0 amide bonds. The van der Waals surface area contributed by atoms with E-state index >= 15 is 0 Å². The van der Waals surface area contributed by atoms with Crippen molar-refractivity contribution >= 4 is 39.5 Å². The maximum atomic E-state index is 13.2. The van der Waals surface area contributed by atoms with Crippen LogP contribution in [0.15, 0.2) is 0 Å². The summed E-state index contributed by atoms with van der Waals surface area (Å²) >= 11 is 0. The Labute approximate surface area is 658 Å². The first-order valence-corrected chi connectivity index (χ1v) is 48.2. The van der Waals surface area contributed by atoms with Crippen molar-refractivity contribution in [3.8, 4) is 0 Å². The highest BCUT2D eigenvalue weighted by Gasteiger charge is 2.31. The van der Waals surface area contributed by atoms with Crippen molar-refractivity contribution in [1.29, 1.82) is 0 Å².